The van der Waals surface area contributed by atoms with E-state index in [0.717, 1.165) is 35.7 Å². The highest BCUT2D eigenvalue weighted by Gasteiger charge is 2.26. The molecular formula is C25H29N7O2. The minimum atomic E-state index is 0.316. The molecule has 0 radical (unpaired) electrons. The summed E-state index contributed by atoms with van der Waals surface area (Å²) in [5, 5.41) is 4.39. The lowest BCUT2D eigenvalue weighted by Gasteiger charge is -2.21. The number of hydrogen-bond acceptors (Lipinski definition) is 8. The third-order valence-electron chi connectivity index (χ3n) is 6.19. The normalized spacial score (nSPS) is 17.8. The van der Waals surface area contributed by atoms with Gasteiger partial charge in [0.05, 0.1) is 36.8 Å². The molecule has 2 aliphatic rings. The maximum absolute atomic E-state index is 5.72. The van der Waals surface area contributed by atoms with E-state index in [1.165, 1.54) is 37.6 Å². The Kier molecular flexibility index (Phi) is 6.44. The molecule has 176 valence electrons. The lowest BCUT2D eigenvalue weighted by atomic mass is 10.0. The molecule has 1 saturated heterocycles. The van der Waals surface area contributed by atoms with Gasteiger partial charge in [-0.25, -0.2) is 24.9 Å². The fourth-order valence-electron chi connectivity index (χ4n) is 3.96. The van der Waals surface area contributed by atoms with Crippen molar-refractivity contribution in [3.63, 3.8) is 0 Å². The standard InChI is InChI=1S/C14H13N5O.C11H16N2O/c1-8-9(2)19-14-13(18-8)12(16-7-17-14)10-4-5-11(20-3)15-6-10;1-2-6-14-11(3-1)9-7-12-13(8-9)10-4-5-10/h4-7H,1-3H3;7-8,10-11H,1-6H2. The van der Waals surface area contributed by atoms with Crippen LogP contribution >= 0.6 is 0 Å². The highest BCUT2D eigenvalue weighted by atomic mass is 16.5. The van der Waals surface area contributed by atoms with Gasteiger partial charge in [0.1, 0.15) is 17.5 Å². The predicted molar refractivity (Wildman–Crippen MR) is 127 cm³/mol. The van der Waals surface area contributed by atoms with Crippen molar-refractivity contribution in [2.75, 3.05) is 13.7 Å². The van der Waals surface area contributed by atoms with E-state index in [1.54, 1.807) is 19.4 Å². The van der Waals surface area contributed by atoms with Crippen LogP contribution in [0.1, 0.15) is 61.2 Å². The van der Waals surface area contributed by atoms with Gasteiger partial charge in [-0.05, 0) is 52.0 Å². The number of pyridine rings is 1. The first-order chi connectivity index (χ1) is 16.6. The topological polar surface area (TPSA) is 101 Å². The smallest absolute Gasteiger partial charge is 0.212 e. The average Bonchev–Trinajstić information content (AvgIpc) is 3.62. The average molecular weight is 460 g/mol. The minimum absolute atomic E-state index is 0.316. The van der Waals surface area contributed by atoms with Gasteiger partial charge in [0.25, 0.3) is 0 Å². The summed E-state index contributed by atoms with van der Waals surface area (Å²) in [4.78, 5) is 21.7. The maximum Gasteiger partial charge on any atom is 0.212 e. The van der Waals surface area contributed by atoms with Crippen molar-refractivity contribution in [2.24, 2.45) is 0 Å². The molecule has 4 aromatic rings. The Balaban J connectivity index is 0.000000150. The zero-order chi connectivity index (χ0) is 23.5. The fraction of sp³-hybridized carbons (Fsp3) is 0.440. The molecule has 34 heavy (non-hydrogen) atoms. The van der Waals surface area contributed by atoms with Crippen LogP contribution in [0.2, 0.25) is 0 Å². The van der Waals surface area contributed by atoms with E-state index in [-0.39, 0.29) is 0 Å². The van der Waals surface area contributed by atoms with Crippen LogP contribution in [0.4, 0.5) is 0 Å². The molecule has 0 spiro atoms. The molecule has 1 saturated carbocycles. The highest BCUT2D eigenvalue weighted by Crippen LogP contribution is 2.35. The van der Waals surface area contributed by atoms with Gasteiger partial charge in [0, 0.05) is 36.2 Å². The first-order valence-corrected chi connectivity index (χ1v) is 11.7. The first-order valence-electron chi connectivity index (χ1n) is 11.7. The lowest BCUT2D eigenvalue weighted by molar-refractivity contribution is 0.0149. The van der Waals surface area contributed by atoms with Gasteiger partial charge < -0.3 is 9.47 Å². The number of aryl methyl sites for hydroxylation is 2. The quantitative estimate of drug-likeness (QED) is 0.438. The van der Waals surface area contributed by atoms with Crippen molar-refractivity contribution in [2.45, 2.75) is 58.1 Å². The second-order valence-corrected chi connectivity index (χ2v) is 8.72. The Morgan fingerprint density at radius 3 is 2.53 bits per heavy atom. The third kappa shape index (κ3) is 4.89. The second kappa shape index (κ2) is 9.80. The first kappa shape index (κ1) is 22.3. The largest absolute Gasteiger partial charge is 0.481 e. The molecule has 2 fully saturated rings. The number of hydrogen-bond donors (Lipinski definition) is 0. The van der Waals surface area contributed by atoms with Gasteiger partial charge >= 0.3 is 0 Å². The number of methoxy groups -OCH3 is 1. The molecule has 1 aliphatic heterocycles. The van der Waals surface area contributed by atoms with Crippen LogP contribution in [-0.4, -0.2) is 48.4 Å². The van der Waals surface area contributed by atoms with Crippen molar-refractivity contribution in [3.8, 4) is 17.1 Å². The molecule has 0 bridgehead atoms. The third-order valence-corrected chi connectivity index (χ3v) is 6.19. The number of nitrogens with zero attached hydrogens (tertiary/aromatic N) is 7. The molecule has 4 aromatic heterocycles. The molecule has 6 rings (SSSR count). The van der Waals surface area contributed by atoms with Crippen molar-refractivity contribution in [1.82, 2.24) is 34.7 Å². The molecule has 1 aliphatic carbocycles. The Morgan fingerprint density at radius 1 is 0.971 bits per heavy atom. The van der Waals surface area contributed by atoms with Crippen LogP contribution in [0.5, 0.6) is 5.88 Å². The summed E-state index contributed by atoms with van der Waals surface area (Å²) in [6.07, 6.45) is 13.9. The van der Waals surface area contributed by atoms with Gasteiger partial charge in [-0.3, -0.25) is 4.68 Å². The van der Waals surface area contributed by atoms with E-state index in [2.05, 4.69) is 40.9 Å². The monoisotopic (exact) mass is 459 g/mol. The SMILES string of the molecule is COc1ccc(-c2ncnc3nc(C)c(C)nc23)cn1.c1nn(C2CC2)cc1C1CCCCO1. The lowest BCUT2D eigenvalue weighted by Crippen LogP contribution is -2.10. The summed E-state index contributed by atoms with van der Waals surface area (Å²) in [6, 6.07) is 4.37. The number of rotatable bonds is 4. The van der Waals surface area contributed by atoms with Crippen LogP contribution in [0, 0.1) is 13.8 Å². The Bertz CT molecular complexity index is 1260. The summed E-state index contributed by atoms with van der Waals surface area (Å²) >= 11 is 0. The molecule has 1 unspecified atom stereocenters. The van der Waals surface area contributed by atoms with E-state index in [1.807, 2.05) is 26.1 Å². The summed E-state index contributed by atoms with van der Waals surface area (Å²) < 4.78 is 12.9. The Labute approximate surface area is 198 Å². The molecule has 0 amide bonds. The van der Waals surface area contributed by atoms with Crippen molar-refractivity contribution < 1.29 is 9.47 Å². The van der Waals surface area contributed by atoms with Gasteiger partial charge in [0.2, 0.25) is 5.88 Å². The van der Waals surface area contributed by atoms with E-state index in [4.69, 9.17) is 9.47 Å². The number of fused-ring (bicyclic) bond motifs is 1. The van der Waals surface area contributed by atoms with Crippen LogP contribution in [0.25, 0.3) is 22.4 Å². The molecule has 0 aromatic carbocycles. The van der Waals surface area contributed by atoms with E-state index in [9.17, 15) is 0 Å². The minimum Gasteiger partial charge on any atom is -0.481 e. The molecule has 9 heteroatoms. The van der Waals surface area contributed by atoms with Crippen LogP contribution < -0.4 is 4.74 Å². The van der Waals surface area contributed by atoms with E-state index in [0.29, 0.717) is 29.2 Å². The van der Waals surface area contributed by atoms with Gasteiger partial charge in [-0.2, -0.15) is 5.10 Å². The highest BCUT2D eigenvalue weighted by molar-refractivity contribution is 5.86. The molecular weight excluding hydrogens is 430 g/mol. The summed E-state index contributed by atoms with van der Waals surface area (Å²) in [5.74, 6) is 0.560. The second-order valence-electron chi connectivity index (χ2n) is 8.72. The zero-order valence-corrected chi connectivity index (χ0v) is 19.8. The van der Waals surface area contributed by atoms with E-state index >= 15 is 0 Å². The maximum atomic E-state index is 5.72. The van der Waals surface area contributed by atoms with Gasteiger partial charge in [-0.15, -0.1) is 0 Å². The fourth-order valence-corrected chi connectivity index (χ4v) is 3.96. The summed E-state index contributed by atoms with van der Waals surface area (Å²) in [7, 11) is 1.58. The zero-order valence-electron chi connectivity index (χ0n) is 19.8. The van der Waals surface area contributed by atoms with Crippen LogP contribution in [0.3, 0.4) is 0 Å². The molecule has 5 heterocycles. The van der Waals surface area contributed by atoms with Gasteiger partial charge in [0.15, 0.2) is 5.65 Å². The molecule has 9 nitrogen and oxygen atoms in total. The summed E-state index contributed by atoms with van der Waals surface area (Å²) in [5.41, 5.74) is 5.87. The molecule has 0 N–H and O–H groups in total. The van der Waals surface area contributed by atoms with Crippen molar-refractivity contribution >= 4 is 11.2 Å². The number of ether oxygens (including phenoxy) is 2. The Hall–Kier alpha value is -3.46. The Morgan fingerprint density at radius 2 is 1.82 bits per heavy atom. The van der Waals surface area contributed by atoms with Crippen LogP contribution in [0.15, 0.2) is 37.1 Å². The van der Waals surface area contributed by atoms with E-state index < -0.39 is 0 Å². The number of aromatic nitrogens is 7. The van der Waals surface area contributed by atoms with Crippen LogP contribution in [-0.2, 0) is 4.74 Å². The van der Waals surface area contributed by atoms with Gasteiger partial charge in [-0.1, -0.05) is 0 Å². The van der Waals surface area contributed by atoms with Crippen molar-refractivity contribution in [1.29, 1.82) is 0 Å². The summed E-state index contributed by atoms with van der Waals surface area (Å²) in [6.45, 7) is 4.75. The van der Waals surface area contributed by atoms with Crippen molar-refractivity contribution in [3.05, 3.63) is 54.0 Å². The predicted octanol–water partition coefficient (Wildman–Crippen LogP) is 4.57. The molecule has 1 atom stereocenters.